The first kappa shape index (κ1) is 16.8. The highest BCUT2D eigenvalue weighted by Gasteiger charge is 2.31. The number of halogens is 4. The molecule has 3 N–H and O–H groups in total. The molecule has 0 aromatic carbocycles. The van der Waals surface area contributed by atoms with Crippen LogP contribution in [0.2, 0.25) is 0 Å². The Kier molecular flexibility index (Phi) is 7.18. The Balaban J connectivity index is 0.000000312. The van der Waals surface area contributed by atoms with Gasteiger partial charge in [0.25, 0.3) is 0 Å². The van der Waals surface area contributed by atoms with Crippen molar-refractivity contribution in [3.05, 3.63) is 0 Å². The predicted molar refractivity (Wildman–Crippen MR) is 70.0 cm³/mol. The minimum atomic E-state index is -6.00. The molecule has 0 unspecified atom stereocenters. The molecule has 0 aliphatic heterocycles. The lowest BCUT2D eigenvalue weighted by atomic mass is 9.74. The van der Waals surface area contributed by atoms with E-state index in [-0.39, 0.29) is 0 Å². The van der Waals surface area contributed by atoms with Crippen molar-refractivity contribution >= 4 is 7.25 Å². The van der Waals surface area contributed by atoms with Crippen molar-refractivity contribution in [2.75, 3.05) is 0 Å². The molecule has 2 aliphatic rings. The third kappa shape index (κ3) is 7.80. The van der Waals surface area contributed by atoms with Gasteiger partial charge in [0.15, 0.2) is 0 Å². The maximum atomic E-state index is 9.75. The van der Waals surface area contributed by atoms with Gasteiger partial charge < -0.3 is 23.0 Å². The number of quaternary nitrogens is 1. The van der Waals surface area contributed by atoms with Gasteiger partial charge in [-0.15, -0.1) is 0 Å². The number of hydrogen-bond acceptors (Lipinski definition) is 0. The normalized spacial score (nSPS) is 23.1. The number of rotatable bonds is 2. The van der Waals surface area contributed by atoms with Crippen LogP contribution in [0.3, 0.4) is 0 Å². The van der Waals surface area contributed by atoms with Crippen LogP contribution in [0.25, 0.3) is 0 Å². The van der Waals surface area contributed by atoms with E-state index in [1.165, 1.54) is 64.2 Å². The summed E-state index contributed by atoms with van der Waals surface area (Å²) in [5.41, 5.74) is 4.49. The van der Waals surface area contributed by atoms with Crippen LogP contribution >= 0.6 is 0 Å². The van der Waals surface area contributed by atoms with Crippen LogP contribution in [0.15, 0.2) is 0 Å². The van der Waals surface area contributed by atoms with Crippen molar-refractivity contribution < 1.29 is 23.0 Å². The first-order valence-electron chi connectivity index (χ1n) is 7.58. The molecule has 0 atom stereocenters. The molecule has 6 heteroatoms. The van der Waals surface area contributed by atoms with E-state index in [4.69, 9.17) is 0 Å². The molecule has 0 aromatic rings. The first-order chi connectivity index (χ1) is 8.88. The second-order valence-corrected chi connectivity index (χ2v) is 5.95. The molecule has 2 rings (SSSR count). The molecular weight excluding hydrogens is 257 g/mol. The Labute approximate surface area is 113 Å². The molecule has 1 nitrogen and oxygen atoms in total. The third-order valence-corrected chi connectivity index (χ3v) is 4.51. The standard InChI is InChI=1S/C13H25N.BF4/c14-13(11-7-3-1-4-8-11)12-9-5-2-6-10-12;2-1(3,4)5/h11-13H,1-10,14H2;/q;-1/p+1. The molecule has 2 saturated carbocycles. The molecule has 0 saturated heterocycles. The molecule has 0 amide bonds. The smallest absolute Gasteiger partial charge is 0.418 e. The average molecular weight is 283 g/mol. The van der Waals surface area contributed by atoms with Gasteiger partial charge in [0.2, 0.25) is 0 Å². The van der Waals surface area contributed by atoms with Crippen molar-refractivity contribution in [1.29, 1.82) is 0 Å². The Bertz CT molecular complexity index is 211. The summed E-state index contributed by atoms with van der Waals surface area (Å²) in [4.78, 5) is 0. The molecular formula is C13H26BF4N. The molecule has 19 heavy (non-hydrogen) atoms. The minimum Gasteiger partial charge on any atom is -0.418 e. The van der Waals surface area contributed by atoms with Gasteiger partial charge in [-0.1, -0.05) is 38.5 Å². The second kappa shape index (κ2) is 8.13. The lowest BCUT2D eigenvalue weighted by Crippen LogP contribution is -2.68. The molecule has 2 aliphatic carbocycles. The zero-order chi connectivity index (χ0) is 14.3. The quantitative estimate of drug-likeness (QED) is 0.584. The van der Waals surface area contributed by atoms with E-state index in [0.29, 0.717) is 0 Å². The summed E-state index contributed by atoms with van der Waals surface area (Å²) < 4.78 is 39.0. The fourth-order valence-corrected chi connectivity index (χ4v) is 3.51. The number of hydrogen-bond donors (Lipinski definition) is 1. The minimum absolute atomic E-state index is 0.788. The van der Waals surface area contributed by atoms with E-state index in [1.54, 1.807) is 0 Å². The molecule has 0 bridgehead atoms. The van der Waals surface area contributed by atoms with Gasteiger partial charge in [0.05, 0.1) is 6.04 Å². The largest absolute Gasteiger partial charge is 0.673 e. The fraction of sp³-hybridized carbons (Fsp3) is 1.00. The zero-order valence-electron chi connectivity index (χ0n) is 11.6. The van der Waals surface area contributed by atoms with Crippen molar-refractivity contribution in [1.82, 2.24) is 0 Å². The monoisotopic (exact) mass is 283 g/mol. The van der Waals surface area contributed by atoms with Crippen molar-refractivity contribution in [3.8, 4) is 0 Å². The summed E-state index contributed by atoms with van der Waals surface area (Å²) in [7, 11) is -6.00. The summed E-state index contributed by atoms with van der Waals surface area (Å²) in [5.74, 6) is 1.96. The lowest BCUT2D eigenvalue weighted by molar-refractivity contribution is -0.449. The molecule has 0 heterocycles. The van der Waals surface area contributed by atoms with E-state index in [1.807, 2.05) is 0 Å². The van der Waals surface area contributed by atoms with Gasteiger partial charge in [0.1, 0.15) is 0 Å². The van der Waals surface area contributed by atoms with Crippen LogP contribution in [-0.2, 0) is 0 Å². The summed E-state index contributed by atoms with van der Waals surface area (Å²) in [5, 5.41) is 0. The van der Waals surface area contributed by atoms with E-state index in [0.717, 1.165) is 17.9 Å². The van der Waals surface area contributed by atoms with Gasteiger partial charge in [-0.05, 0) is 25.7 Å². The third-order valence-electron chi connectivity index (χ3n) is 4.51. The molecule has 0 aromatic heterocycles. The SMILES string of the molecule is F[B-](F)(F)F.[NH3+]C(C1CCCCC1)C1CCCCC1. The molecule has 0 spiro atoms. The van der Waals surface area contributed by atoms with Gasteiger partial charge in [-0.25, -0.2) is 0 Å². The van der Waals surface area contributed by atoms with Crippen molar-refractivity contribution in [2.45, 2.75) is 70.3 Å². The van der Waals surface area contributed by atoms with Crippen molar-refractivity contribution in [3.63, 3.8) is 0 Å². The molecule has 114 valence electrons. The zero-order valence-corrected chi connectivity index (χ0v) is 11.6. The van der Waals surface area contributed by atoms with E-state index >= 15 is 0 Å². The van der Waals surface area contributed by atoms with Crippen LogP contribution < -0.4 is 5.73 Å². The van der Waals surface area contributed by atoms with Gasteiger partial charge in [0, 0.05) is 11.8 Å². The topological polar surface area (TPSA) is 27.6 Å². The van der Waals surface area contributed by atoms with Gasteiger partial charge in [-0.3, -0.25) is 0 Å². The summed E-state index contributed by atoms with van der Waals surface area (Å²) in [6.07, 6.45) is 14.8. The molecule has 0 radical (unpaired) electrons. The summed E-state index contributed by atoms with van der Waals surface area (Å²) in [6.45, 7) is 0. The Hall–Kier alpha value is -0.255. The highest BCUT2D eigenvalue weighted by atomic mass is 19.5. The highest BCUT2D eigenvalue weighted by molar-refractivity contribution is 6.50. The van der Waals surface area contributed by atoms with Gasteiger partial charge >= 0.3 is 7.25 Å². The van der Waals surface area contributed by atoms with Gasteiger partial charge in [-0.2, -0.15) is 0 Å². The van der Waals surface area contributed by atoms with Crippen LogP contribution in [-0.4, -0.2) is 13.3 Å². The summed E-state index contributed by atoms with van der Waals surface area (Å²) >= 11 is 0. The maximum absolute atomic E-state index is 9.75. The maximum Gasteiger partial charge on any atom is 0.673 e. The average Bonchev–Trinajstić information content (AvgIpc) is 2.38. The second-order valence-electron chi connectivity index (χ2n) is 5.95. The molecule has 2 fully saturated rings. The lowest BCUT2D eigenvalue weighted by Gasteiger charge is -2.32. The first-order valence-corrected chi connectivity index (χ1v) is 7.58. The van der Waals surface area contributed by atoms with Crippen LogP contribution in [0, 0.1) is 11.8 Å². The summed E-state index contributed by atoms with van der Waals surface area (Å²) in [6, 6.07) is 0.788. The Morgan fingerprint density at radius 1 is 0.684 bits per heavy atom. The van der Waals surface area contributed by atoms with Crippen LogP contribution in [0.5, 0.6) is 0 Å². The fourth-order valence-electron chi connectivity index (χ4n) is 3.51. The van der Waals surface area contributed by atoms with E-state index < -0.39 is 7.25 Å². The van der Waals surface area contributed by atoms with Crippen LogP contribution in [0.1, 0.15) is 64.2 Å². The van der Waals surface area contributed by atoms with E-state index in [2.05, 4.69) is 5.73 Å². The van der Waals surface area contributed by atoms with Crippen molar-refractivity contribution in [2.24, 2.45) is 11.8 Å². The predicted octanol–water partition coefficient (Wildman–Crippen LogP) is 4.06. The van der Waals surface area contributed by atoms with Crippen LogP contribution in [0.4, 0.5) is 17.3 Å². The Morgan fingerprint density at radius 2 is 0.947 bits per heavy atom. The van der Waals surface area contributed by atoms with E-state index in [9.17, 15) is 17.3 Å². The Morgan fingerprint density at radius 3 is 1.21 bits per heavy atom. The highest BCUT2D eigenvalue weighted by Crippen LogP contribution is 2.33.